The first-order valence-corrected chi connectivity index (χ1v) is 7.72. The SMILES string of the molecule is CN(C)c1cccc(NC(=O)CCC2CCCCC2)c1. The Morgan fingerprint density at radius 3 is 2.70 bits per heavy atom. The monoisotopic (exact) mass is 274 g/mol. The van der Waals surface area contributed by atoms with Crippen LogP contribution in [-0.2, 0) is 4.79 Å². The van der Waals surface area contributed by atoms with Crippen molar-refractivity contribution in [3.8, 4) is 0 Å². The molecule has 1 saturated carbocycles. The van der Waals surface area contributed by atoms with Crippen LogP contribution in [0.3, 0.4) is 0 Å². The van der Waals surface area contributed by atoms with Crippen LogP contribution in [0.5, 0.6) is 0 Å². The Balaban J connectivity index is 1.80. The molecule has 1 amide bonds. The van der Waals surface area contributed by atoms with Crippen LogP contribution in [-0.4, -0.2) is 20.0 Å². The Morgan fingerprint density at radius 2 is 2.00 bits per heavy atom. The van der Waals surface area contributed by atoms with Crippen molar-refractivity contribution in [2.45, 2.75) is 44.9 Å². The molecule has 0 aromatic heterocycles. The lowest BCUT2D eigenvalue weighted by Gasteiger charge is -2.21. The van der Waals surface area contributed by atoms with Gasteiger partial charge in [-0.1, -0.05) is 38.2 Å². The van der Waals surface area contributed by atoms with Gasteiger partial charge in [0, 0.05) is 31.9 Å². The van der Waals surface area contributed by atoms with Gasteiger partial charge in [-0.05, 0) is 30.5 Å². The molecule has 1 aromatic carbocycles. The van der Waals surface area contributed by atoms with E-state index in [0.717, 1.165) is 23.7 Å². The molecule has 1 aromatic rings. The summed E-state index contributed by atoms with van der Waals surface area (Å²) in [5.74, 6) is 0.911. The van der Waals surface area contributed by atoms with Crippen LogP contribution in [0.2, 0.25) is 0 Å². The Kier molecular flexibility index (Phi) is 5.45. The van der Waals surface area contributed by atoms with Gasteiger partial charge in [0.15, 0.2) is 0 Å². The Labute approximate surface area is 122 Å². The molecule has 0 aliphatic heterocycles. The second-order valence-electron chi connectivity index (χ2n) is 6.04. The summed E-state index contributed by atoms with van der Waals surface area (Å²) in [6, 6.07) is 7.98. The highest BCUT2D eigenvalue weighted by atomic mass is 16.1. The van der Waals surface area contributed by atoms with Crippen molar-refractivity contribution in [1.29, 1.82) is 0 Å². The molecule has 1 N–H and O–H groups in total. The van der Waals surface area contributed by atoms with Gasteiger partial charge in [0.1, 0.15) is 0 Å². The average molecular weight is 274 g/mol. The van der Waals surface area contributed by atoms with Crippen LogP contribution in [0.1, 0.15) is 44.9 Å². The number of carbonyl (C=O) groups excluding carboxylic acids is 1. The number of hydrogen-bond donors (Lipinski definition) is 1. The molecule has 1 aliphatic carbocycles. The lowest BCUT2D eigenvalue weighted by Crippen LogP contribution is -2.15. The standard InChI is InChI=1S/C17H26N2O/c1-19(2)16-10-6-9-15(13-16)18-17(20)12-11-14-7-4-3-5-8-14/h6,9-10,13-14H,3-5,7-8,11-12H2,1-2H3,(H,18,20). The summed E-state index contributed by atoms with van der Waals surface area (Å²) < 4.78 is 0. The zero-order valence-corrected chi connectivity index (χ0v) is 12.7. The molecular formula is C17H26N2O. The van der Waals surface area contributed by atoms with Crippen molar-refractivity contribution >= 4 is 17.3 Å². The van der Waals surface area contributed by atoms with Gasteiger partial charge in [-0.3, -0.25) is 4.79 Å². The number of hydrogen-bond acceptors (Lipinski definition) is 2. The molecular weight excluding hydrogens is 248 g/mol. The van der Waals surface area contributed by atoms with E-state index < -0.39 is 0 Å². The maximum Gasteiger partial charge on any atom is 0.224 e. The maximum absolute atomic E-state index is 12.0. The van der Waals surface area contributed by atoms with Crippen LogP contribution in [0.15, 0.2) is 24.3 Å². The smallest absolute Gasteiger partial charge is 0.224 e. The van der Waals surface area contributed by atoms with E-state index in [-0.39, 0.29) is 5.91 Å². The van der Waals surface area contributed by atoms with Crippen LogP contribution in [0.4, 0.5) is 11.4 Å². The summed E-state index contributed by atoms with van der Waals surface area (Å²) in [5.41, 5.74) is 2.00. The molecule has 110 valence electrons. The minimum Gasteiger partial charge on any atom is -0.378 e. The minimum atomic E-state index is 0.145. The van der Waals surface area contributed by atoms with E-state index in [0.29, 0.717) is 6.42 Å². The van der Waals surface area contributed by atoms with Crippen molar-refractivity contribution in [3.63, 3.8) is 0 Å². The molecule has 3 nitrogen and oxygen atoms in total. The molecule has 0 unspecified atom stereocenters. The molecule has 1 aliphatic rings. The van der Waals surface area contributed by atoms with Gasteiger partial charge >= 0.3 is 0 Å². The zero-order chi connectivity index (χ0) is 14.4. The number of anilines is 2. The minimum absolute atomic E-state index is 0.145. The molecule has 0 atom stereocenters. The average Bonchev–Trinajstić information content (AvgIpc) is 2.46. The van der Waals surface area contributed by atoms with Crippen molar-refractivity contribution < 1.29 is 4.79 Å². The molecule has 0 saturated heterocycles. The van der Waals surface area contributed by atoms with Gasteiger partial charge in [0.2, 0.25) is 5.91 Å². The summed E-state index contributed by atoms with van der Waals surface area (Å²) in [6.45, 7) is 0. The van der Waals surface area contributed by atoms with Crippen LogP contribution >= 0.6 is 0 Å². The third kappa shape index (κ3) is 4.55. The zero-order valence-electron chi connectivity index (χ0n) is 12.7. The second-order valence-corrected chi connectivity index (χ2v) is 6.04. The Hall–Kier alpha value is -1.51. The quantitative estimate of drug-likeness (QED) is 0.878. The first-order chi connectivity index (χ1) is 9.65. The predicted molar refractivity (Wildman–Crippen MR) is 85.2 cm³/mol. The number of rotatable bonds is 5. The summed E-state index contributed by atoms with van der Waals surface area (Å²) in [7, 11) is 4.01. The highest BCUT2D eigenvalue weighted by Gasteiger charge is 2.14. The first kappa shape index (κ1) is 14.9. The molecule has 0 bridgehead atoms. The van der Waals surface area contributed by atoms with Gasteiger partial charge < -0.3 is 10.2 Å². The summed E-state index contributed by atoms with van der Waals surface area (Å²) in [5, 5.41) is 3.01. The number of benzene rings is 1. The van der Waals surface area contributed by atoms with Gasteiger partial charge in [0.25, 0.3) is 0 Å². The fourth-order valence-corrected chi connectivity index (χ4v) is 2.90. The predicted octanol–water partition coefficient (Wildman–Crippen LogP) is 4.05. The molecule has 20 heavy (non-hydrogen) atoms. The van der Waals surface area contributed by atoms with Crippen LogP contribution < -0.4 is 10.2 Å². The lowest BCUT2D eigenvalue weighted by atomic mass is 9.86. The molecule has 2 rings (SSSR count). The van der Waals surface area contributed by atoms with Crippen LogP contribution in [0, 0.1) is 5.92 Å². The molecule has 0 radical (unpaired) electrons. The van der Waals surface area contributed by atoms with Crippen molar-refractivity contribution in [3.05, 3.63) is 24.3 Å². The third-order valence-electron chi connectivity index (χ3n) is 4.15. The van der Waals surface area contributed by atoms with Crippen LogP contribution in [0.25, 0.3) is 0 Å². The molecule has 3 heteroatoms. The van der Waals surface area contributed by atoms with E-state index in [1.165, 1.54) is 32.1 Å². The third-order valence-corrected chi connectivity index (χ3v) is 4.15. The van der Waals surface area contributed by atoms with E-state index in [1.807, 2.05) is 43.3 Å². The topological polar surface area (TPSA) is 32.3 Å². The van der Waals surface area contributed by atoms with Gasteiger partial charge in [0.05, 0.1) is 0 Å². The number of nitrogens with zero attached hydrogens (tertiary/aromatic N) is 1. The van der Waals surface area contributed by atoms with E-state index in [1.54, 1.807) is 0 Å². The van der Waals surface area contributed by atoms with E-state index in [2.05, 4.69) is 5.32 Å². The largest absolute Gasteiger partial charge is 0.378 e. The highest BCUT2D eigenvalue weighted by Crippen LogP contribution is 2.27. The van der Waals surface area contributed by atoms with E-state index in [9.17, 15) is 4.79 Å². The maximum atomic E-state index is 12.0. The molecule has 1 fully saturated rings. The lowest BCUT2D eigenvalue weighted by molar-refractivity contribution is -0.116. The summed E-state index contributed by atoms with van der Waals surface area (Å²) in [6.07, 6.45) is 8.37. The Bertz CT molecular complexity index is 436. The van der Waals surface area contributed by atoms with Crippen molar-refractivity contribution in [1.82, 2.24) is 0 Å². The van der Waals surface area contributed by atoms with Crippen molar-refractivity contribution in [2.24, 2.45) is 5.92 Å². The van der Waals surface area contributed by atoms with E-state index in [4.69, 9.17) is 0 Å². The fraction of sp³-hybridized carbons (Fsp3) is 0.588. The molecule has 0 heterocycles. The van der Waals surface area contributed by atoms with Gasteiger partial charge in [-0.15, -0.1) is 0 Å². The summed E-state index contributed by atoms with van der Waals surface area (Å²) in [4.78, 5) is 14.1. The number of nitrogens with one attached hydrogen (secondary N) is 1. The normalized spacial score (nSPS) is 15.9. The number of carbonyl (C=O) groups is 1. The highest BCUT2D eigenvalue weighted by molar-refractivity contribution is 5.91. The first-order valence-electron chi connectivity index (χ1n) is 7.72. The van der Waals surface area contributed by atoms with E-state index >= 15 is 0 Å². The van der Waals surface area contributed by atoms with Crippen molar-refractivity contribution in [2.75, 3.05) is 24.3 Å². The summed E-state index contributed by atoms with van der Waals surface area (Å²) >= 11 is 0. The fourth-order valence-electron chi connectivity index (χ4n) is 2.90. The second kappa shape index (κ2) is 7.32. The molecule has 0 spiro atoms. The van der Waals surface area contributed by atoms with Gasteiger partial charge in [-0.25, -0.2) is 0 Å². The Morgan fingerprint density at radius 1 is 1.25 bits per heavy atom. The van der Waals surface area contributed by atoms with Gasteiger partial charge in [-0.2, -0.15) is 0 Å². The number of amides is 1.